The summed E-state index contributed by atoms with van der Waals surface area (Å²) in [5.41, 5.74) is 3.31. The largest absolute Gasteiger partial charge is 0.387 e. The quantitative estimate of drug-likeness (QED) is 0.634. The van der Waals surface area contributed by atoms with Crippen molar-refractivity contribution in [1.82, 2.24) is 10.3 Å². The van der Waals surface area contributed by atoms with Crippen molar-refractivity contribution in [2.24, 2.45) is 0 Å². The first kappa shape index (κ1) is 17.7. The van der Waals surface area contributed by atoms with Crippen molar-refractivity contribution in [3.8, 4) is 11.3 Å². The third kappa shape index (κ3) is 3.45. The van der Waals surface area contributed by atoms with Crippen LogP contribution in [0, 0.1) is 0 Å². The number of aromatic nitrogens is 1. The summed E-state index contributed by atoms with van der Waals surface area (Å²) in [6.07, 6.45) is 2.64. The van der Waals surface area contributed by atoms with Crippen molar-refractivity contribution < 1.29 is 5.11 Å². The molecule has 0 aliphatic carbocycles. The summed E-state index contributed by atoms with van der Waals surface area (Å²) in [6, 6.07) is 15.3. The Morgan fingerprint density at radius 3 is 2.62 bits per heavy atom. The monoisotopic (exact) mass is 386 g/mol. The average Bonchev–Trinajstić information content (AvgIpc) is 2.68. The van der Waals surface area contributed by atoms with Crippen LogP contribution in [0.5, 0.6) is 0 Å². The van der Waals surface area contributed by atoms with Crippen molar-refractivity contribution in [3.63, 3.8) is 0 Å². The summed E-state index contributed by atoms with van der Waals surface area (Å²) in [6.45, 7) is 0.940. The molecule has 0 spiro atoms. The molecule has 3 nitrogen and oxygen atoms in total. The van der Waals surface area contributed by atoms with Crippen LogP contribution in [0.2, 0.25) is 10.0 Å². The average molecular weight is 387 g/mol. The van der Waals surface area contributed by atoms with Crippen LogP contribution in [-0.2, 0) is 0 Å². The predicted octanol–water partition coefficient (Wildman–Crippen LogP) is 5.38. The van der Waals surface area contributed by atoms with Gasteiger partial charge in [0.1, 0.15) is 0 Å². The van der Waals surface area contributed by atoms with Gasteiger partial charge in [-0.1, -0.05) is 53.9 Å². The molecule has 0 radical (unpaired) electrons. The van der Waals surface area contributed by atoms with E-state index in [9.17, 15) is 5.11 Å². The number of aliphatic hydroxyl groups excluding tert-OH is 1. The van der Waals surface area contributed by atoms with E-state index < -0.39 is 6.10 Å². The van der Waals surface area contributed by atoms with E-state index in [4.69, 9.17) is 28.2 Å². The number of rotatable bonds is 3. The summed E-state index contributed by atoms with van der Waals surface area (Å²) in [5.74, 6) is 0. The van der Waals surface area contributed by atoms with Gasteiger partial charge in [-0.05, 0) is 49.2 Å². The number of hydrogen-bond donors (Lipinski definition) is 2. The number of para-hydroxylation sites is 1. The van der Waals surface area contributed by atoms with Gasteiger partial charge in [0.15, 0.2) is 0 Å². The molecule has 5 heteroatoms. The molecular formula is C21H20Cl2N2O. The molecule has 0 saturated carbocycles. The van der Waals surface area contributed by atoms with Crippen LogP contribution < -0.4 is 5.32 Å². The fourth-order valence-electron chi connectivity index (χ4n) is 3.62. The second kappa shape index (κ2) is 7.53. The second-order valence-electron chi connectivity index (χ2n) is 6.74. The van der Waals surface area contributed by atoms with Crippen LogP contribution in [0.15, 0.2) is 48.5 Å². The van der Waals surface area contributed by atoms with Gasteiger partial charge in [0.25, 0.3) is 0 Å². The van der Waals surface area contributed by atoms with Crippen molar-refractivity contribution in [1.29, 1.82) is 0 Å². The Morgan fingerprint density at radius 2 is 1.88 bits per heavy atom. The number of nitrogens with zero attached hydrogens (tertiary/aromatic N) is 1. The first-order valence-corrected chi connectivity index (χ1v) is 9.65. The van der Waals surface area contributed by atoms with Crippen LogP contribution in [0.3, 0.4) is 0 Å². The van der Waals surface area contributed by atoms with Gasteiger partial charge in [-0.3, -0.25) is 0 Å². The van der Waals surface area contributed by atoms with Crippen molar-refractivity contribution in [2.45, 2.75) is 31.4 Å². The minimum Gasteiger partial charge on any atom is -0.387 e. The molecule has 1 aliphatic heterocycles. The fraction of sp³-hybridized carbons (Fsp3) is 0.286. The molecule has 2 heterocycles. The highest BCUT2D eigenvalue weighted by molar-refractivity contribution is 6.35. The number of hydrogen-bond acceptors (Lipinski definition) is 3. The molecule has 2 aromatic carbocycles. The maximum atomic E-state index is 11.1. The van der Waals surface area contributed by atoms with E-state index in [0.29, 0.717) is 15.6 Å². The third-order valence-electron chi connectivity index (χ3n) is 5.01. The molecule has 134 valence electrons. The zero-order valence-electron chi connectivity index (χ0n) is 14.3. The van der Waals surface area contributed by atoms with E-state index in [1.165, 1.54) is 0 Å². The molecular weight excluding hydrogens is 367 g/mol. The number of nitrogens with one attached hydrogen (secondary N) is 1. The van der Waals surface area contributed by atoms with Gasteiger partial charge < -0.3 is 10.4 Å². The standard InChI is InChI=1S/C21H20Cl2N2O/c22-14-9-7-13(8-10-14)19-12-16(21(26)18-6-1-2-11-24-18)15-4-3-5-17(23)20(15)25-19/h3-5,7-10,12,18,21,24,26H,1-2,6,11H2/t18-,21-/m0/s1. The smallest absolute Gasteiger partial charge is 0.0950 e. The first-order valence-electron chi connectivity index (χ1n) is 8.90. The molecule has 26 heavy (non-hydrogen) atoms. The second-order valence-corrected chi connectivity index (χ2v) is 7.58. The van der Waals surface area contributed by atoms with E-state index in [-0.39, 0.29) is 6.04 Å². The predicted molar refractivity (Wildman–Crippen MR) is 108 cm³/mol. The van der Waals surface area contributed by atoms with E-state index in [0.717, 1.165) is 48.0 Å². The van der Waals surface area contributed by atoms with Crippen LogP contribution in [-0.4, -0.2) is 22.7 Å². The van der Waals surface area contributed by atoms with E-state index in [1.54, 1.807) is 0 Å². The maximum Gasteiger partial charge on any atom is 0.0950 e. The molecule has 1 aliphatic rings. The number of aliphatic hydroxyl groups is 1. The Labute approximate surface area is 163 Å². The zero-order chi connectivity index (χ0) is 18.1. The molecule has 2 N–H and O–H groups in total. The molecule has 1 fully saturated rings. The highest BCUT2D eigenvalue weighted by Crippen LogP contribution is 2.34. The Hall–Kier alpha value is -1.65. The molecule has 0 unspecified atom stereocenters. The van der Waals surface area contributed by atoms with Crippen molar-refractivity contribution >= 4 is 34.1 Å². The minimum absolute atomic E-state index is 0.0476. The molecule has 0 amide bonds. The highest BCUT2D eigenvalue weighted by Gasteiger charge is 2.25. The number of piperidine rings is 1. The summed E-state index contributed by atoms with van der Waals surface area (Å²) >= 11 is 12.4. The SMILES string of the molecule is O[C@@H](c1cc(-c2ccc(Cl)cc2)nc2c(Cl)cccc12)[C@@H]1CCCCN1. The van der Waals surface area contributed by atoms with Crippen molar-refractivity contribution in [3.05, 3.63) is 64.1 Å². The molecule has 0 bridgehead atoms. The highest BCUT2D eigenvalue weighted by atomic mass is 35.5. The van der Waals surface area contributed by atoms with Crippen molar-refractivity contribution in [2.75, 3.05) is 6.54 Å². The summed E-state index contributed by atoms with van der Waals surface area (Å²) in [7, 11) is 0. The van der Waals surface area contributed by atoms with E-state index in [1.807, 2.05) is 48.5 Å². The lowest BCUT2D eigenvalue weighted by Gasteiger charge is -2.29. The Bertz CT molecular complexity index is 921. The van der Waals surface area contributed by atoms with E-state index in [2.05, 4.69) is 5.32 Å². The van der Waals surface area contributed by atoms with Gasteiger partial charge in [-0.15, -0.1) is 0 Å². The van der Waals surface area contributed by atoms with Gasteiger partial charge in [0.05, 0.1) is 22.3 Å². The normalized spacial score (nSPS) is 18.8. The molecule has 2 atom stereocenters. The number of halogens is 2. The fourth-order valence-corrected chi connectivity index (χ4v) is 3.96. The van der Waals surface area contributed by atoms with Gasteiger partial charge >= 0.3 is 0 Å². The van der Waals surface area contributed by atoms with Gasteiger partial charge in [-0.25, -0.2) is 4.98 Å². The minimum atomic E-state index is -0.606. The molecule has 1 saturated heterocycles. The topological polar surface area (TPSA) is 45.2 Å². The van der Waals surface area contributed by atoms with Gasteiger partial charge in [0, 0.05) is 22.0 Å². The maximum absolute atomic E-state index is 11.1. The molecule has 3 aromatic rings. The first-order chi connectivity index (χ1) is 12.6. The summed E-state index contributed by atoms with van der Waals surface area (Å²) < 4.78 is 0. The molecule has 4 rings (SSSR count). The zero-order valence-corrected chi connectivity index (χ0v) is 15.8. The van der Waals surface area contributed by atoms with Gasteiger partial charge in [-0.2, -0.15) is 0 Å². The summed E-state index contributed by atoms with van der Waals surface area (Å²) in [5, 5.41) is 16.7. The Morgan fingerprint density at radius 1 is 1.08 bits per heavy atom. The number of fused-ring (bicyclic) bond motifs is 1. The summed E-state index contributed by atoms with van der Waals surface area (Å²) in [4.78, 5) is 4.76. The number of benzene rings is 2. The Balaban J connectivity index is 1.86. The molecule has 1 aromatic heterocycles. The van der Waals surface area contributed by atoms with Crippen LogP contribution in [0.4, 0.5) is 0 Å². The van der Waals surface area contributed by atoms with Crippen LogP contribution >= 0.6 is 23.2 Å². The lowest BCUT2D eigenvalue weighted by molar-refractivity contribution is 0.115. The van der Waals surface area contributed by atoms with Crippen LogP contribution in [0.1, 0.15) is 30.9 Å². The lowest BCUT2D eigenvalue weighted by atomic mass is 9.92. The lowest BCUT2D eigenvalue weighted by Crippen LogP contribution is -2.38. The van der Waals surface area contributed by atoms with E-state index >= 15 is 0 Å². The third-order valence-corrected chi connectivity index (χ3v) is 5.57. The Kier molecular flexibility index (Phi) is 5.14. The van der Waals surface area contributed by atoms with Gasteiger partial charge in [0.2, 0.25) is 0 Å². The number of pyridine rings is 1. The van der Waals surface area contributed by atoms with Crippen LogP contribution in [0.25, 0.3) is 22.2 Å².